The van der Waals surface area contributed by atoms with Gasteiger partial charge in [-0.1, -0.05) is 12.1 Å². The van der Waals surface area contributed by atoms with Crippen LogP contribution in [0.1, 0.15) is 11.1 Å². The summed E-state index contributed by atoms with van der Waals surface area (Å²) in [5.74, 6) is -0.206. The zero-order chi connectivity index (χ0) is 15.4. The first-order valence-electron chi connectivity index (χ1n) is 6.26. The van der Waals surface area contributed by atoms with E-state index in [-0.39, 0.29) is 5.91 Å². The molecule has 0 spiro atoms. The topological polar surface area (TPSA) is 55.1 Å². The molecule has 0 radical (unpaired) electrons. The van der Waals surface area contributed by atoms with Crippen LogP contribution in [0.15, 0.2) is 51.4 Å². The predicted octanol–water partition coefficient (Wildman–Crippen LogP) is 4.75. The van der Waals surface area contributed by atoms with Crippen LogP contribution < -0.4 is 11.1 Å². The van der Waals surface area contributed by atoms with E-state index >= 15 is 0 Å². The van der Waals surface area contributed by atoms with Gasteiger partial charge >= 0.3 is 0 Å². The van der Waals surface area contributed by atoms with Crippen LogP contribution >= 0.6 is 31.9 Å². The summed E-state index contributed by atoms with van der Waals surface area (Å²) in [4.78, 5) is 12.0. The lowest BCUT2D eigenvalue weighted by Crippen LogP contribution is -2.09. The third-order valence-corrected chi connectivity index (χ3v) is 4.02. The fourth-order valence-electron chi connectivity index (χ4n) is 1.82. The first kappa shape index (κ1) is 15.8. The van der Waals surface area contributed by atoms with Crippen molar-refractivity contribution >= 4 is 55.2 Å². The maximum absolute atomic E-state index is 12.0. The van der Waals surface area contributed by atoms with E-state index in [2.05, 4.69) is 37.2 Å². The molecule has 0 saturated heterocycles. The summed E-state index contributed by atoms with van der Waals surface area (Å²) in [6.07, 6.45) is 3.20. The zero-order valence-electron chi connectivity index (χ0n) is 11.4. The third-order valence-electron chi connectivity index (χ3n) is 2.77. The summed E-state index contributed by atoms with van der Waals surface area (Å²) in [6, 6.07) is 11.2. The van der Waals surface area contributed by atoms with Crippen LogP contribution in [0.25, 0.3) is 6.08 Å². The minimum absolute atomic E-state index is 0.206. The molecule has 108 valence electrons. The smallest absolute Gasteiger partial charge is 0.248 e. The Morgan fingerprint density at radius 1 is 1.19 bits per heavy atom. The molecule has 0 fully saturated rings. The molecule has 0 heterocycles. The number of amides is 1. The summed E-state index contributed by atoms with van der Waals surface area (Å²) in [7, 11) is 0. The van der Waals surface area contributed by atoms with Crippen molar-refractivity contribution < 1.29 is 4.79 Å². The van der Waals surface area contributed by atoms with Gasteiger partial charge in [0.15, 0.2) is 0 Å². The van der Waals surface area contributed by atoms with Gasteiger partial charge in [-0.05, 0) is 80.3 Å². The third kappa shape index (κ3) is 4.44. The lowest BCUT2D eigenvalue weighted by atomic mass is 10.2. The van der Waals surface area contributed by atoms with Crippen LogP contribution in [0, 0.1) is 6.92 Å². The highest BCUT2D eigenvalue weighted by molar-refractivity contribution is 9.11. The summed E-state index contributed by atoms with van der Waals surface area (Å²) >= 11 is 6.89. The predicted molar refractivity (Wildman–Crippen MR) is 95.1 cm³/mol. The normalized spacial score (nSPS) is 10.8. The standard InChI is InChI=1S/C16H14Br2N2O/c1-10-7-13(17)16(14(18)8-10)20-15(21)6-5-11-3-2-4-12(19)9-11/h2-9H,19H2,1H3,(H,20,21)/b6-5+. The minimum atomic E-state index is -0.206. The van der Waals surface area contributed by atoms with Crippen molar-refractivity contribution in [2.75, 3.05) is 11.1 Å². The molecule has 0 aliphatic carbocycles. The van der Waals surface area contributed by atoms with Crippen molar-refractivity contribution in [1.82, 2.24) is 0 Å². The van der Waals surface area contributed by atoms with E-state index in [9.17, 15) is 4.79 Å². The quantitative estimate of drug-likeness (QED) is 0.567. The highest BCUT2D eigenvalue weighted by atomic mass is 79.9. The van der Waals surface area contributed by atoms with Crippen LogP contribution in [0.4, 0.5) is 11.4 Å². The van der Waals surface area contributed by atoms with Crippen LogP contribution in [-0.4, -0.2) is 5.91 Å². The number of hydrogen-bond donors (Lipinski definition) is 2. The minimum Gasteiger partial charge on any atom is -0.399 e. The summed E-state index contributed by atoms with van der Waals surface area (Å²) in [5, 5.41) is 2.84. The van der Waals surface area contributed by atoms with Gasteiger partial charge < -0.3 is 11.1 Å². The molecule has 0 aromatic heterocycles. The van der Waals surface area contributed by atoms with Crippen LogP contribution in [-0.2, 0) is 4.79 Å². The second-order valence-electron chi connectivity index (χ2n) is 4.60. The van der Waals surface area contributed by atoms with Crippen molar-refractivity contribution in [3.05, 3.63) is 62.5 Å². The van der Waals surface area contributed by atoms with Crippen molar-refractivity contribution in [3.8, 4) is 0 Å². The number of aryl methyl sites for hydroxylation is 1. The number of nitrogens with two attached hydrogens (primary N) is 1. The number of carbonyl (C=O) groups excluding carboxylic acids is 1. The fourth-order valence-corrected chi connectivity index (χ4v) is 3.43. The number of anilines is 2. The number of hydrogen-bond acceptors (Lipinski definition) is 2. The van der Waals surface area contributed by atoms with Gasteiger partial charge in [-0.3, -0.25) is 4.79 Å². The molecule has 3 N–H and O–H groups in total. The van der Waals surface area contributed by atoms with Gasteiger partial charge in [0.05, 0.1) is 5.69 Å². The average Bonchev–Trinajstić information content (AvgIpc) is 2.40. The number of carbonyl (C=O) groups is 1. The van der Waals surface area contributed by atoms with E-state index in [0.717, 1.165) is 20.1 Å². The Labute approximate surface area is 140 Å². The Balaban J connectivity index is 2.12. The lowest BCUT2D eigenvalue weighted by Gasteiger charge is -2.09. The van der Waals surface area contributed by atoms with Gasteiger partial charge in [-0.15, -0.1) is 0 Å². The van der Waals surface area contributed by atoms with Crippen LogP contribution in [0.2, 0.25) is 0 Å². The van der Waals surface area contributed by atoms with Crippen molar-refractivity contribution in [2.24, 2.45) is 0 Å². The van der Waals surface area contributed by atoms with E-state index in [1.807, 2.05) is 37.3 Å². The highest BCUT2D eigenvalue weighted by Gasteiger charge is 2.08. The number of nitrogen functional groups attached to an aromatic ring is 1. The second-order valence-corrected chi connectivity index (χ2v) is 6.30. The van der Waals surface area contributed by atoms with E-state index in [1.54, 1.807) is 12.1 Å². The molecular weight excluding hydrogens is 396 g/mol. The van der Waals surface area contributed by atoms with Crippen LogP contribution in [0.3, 0.4) is 0 Å². The Bertz CT molecular complexity index is 688. The maximum atomic E-state index is 12.0. The first-order valence-corrected chi connectivity index (χ1v) is 7.84. The largest absolute Gasteiger partial charge is 0.399 e. The summed E-state index contributed by atoms with van der Waals surface area (Å²) < 4.78 is 1.67. The Morgan fingerprint density at radius 3 is 2.48 bits per heavy atom. The van der Waals surface area contributed by atoms with Crippen molar-refractivity contribution in [2.45, 2.75) is 6.92 Å². The first-order chi connectivity index (χ1) is 9.95. The Hall–Kier alpha value is -1.59. The monoisotopic (exact) mass is 408 g/mol. The molecule has 0 aliphatic heterocycles. The molecule has 0 saturated carbocycles. The van der Waals surface area contributed by atoms with E-state index < -0.39 is 0 Å². The molecule has 0 atom stereocenters. The molecule has 0 bridgehead atoms. The van der Waals surface area contributed by atoms with Gasteiger partial charge in [-0.25, -0.2) is 0 Å². The molecule has 1 amide bonds. The molecular formula is C16H14Br2N2O. The molecule has 2 rings (SSSR count). The van der Waals surface area contributed by atoms with E-state index in [0.29, 0.717) is 11.4 Å². The van der Waals surface area contributed by atoms with E-state index in [1.165, 1.54) is 6.08 Å². The highest BCUT2D eigenvalue weighted by Crippen LogP contribution is 2.32. The molecule has 0 unspecified atom stereocenters. The molecule has 3 nitrogen and oxygen atoms in total. The van der Waals surface area contributed by atoms with E-state index in [4.69, 9.17) is 5.73 Å². The van der Waals surface area contributed by atoms with Gasteiger partial charge in [0.25, 0.3) is 0 Å². The number of rotatable bonds is 3. The van der Waals surface area contributed by atoms with Crippen molar-refractivity contribution in [3.63, 3.8) is 0 Å². The number of nitrogens with one attached hydrogen (secondary N) is 1. The summed E-state index contributed by atoms with van der Waals surface area (Å²) in [6.45, 7) is 1.99. The maximum Gasteiger partial charge on any atom is 0.248 e. The molecule has 0 aliphatic rings. The molecule has 21 heavy (non-hydrogen) atoms. The van der Waals surface area contributed by atoms with Crippen LogP contribution in [0.5, 0.6) is 0 Å². The fraction of sp³-hybridized carbons (Fsp3) is 0.0625. The lowest BCUT2D eigenvalue weighted by molar-refractivity contribution is -0.111. The second kappa shape index (κ2) is 6.91. The Kier molecular flexibility index (Phi) is 5.20. The summed E-state index contributed by atoms with van der Waals surface area (Å²) in [5.41, 5.74) is 9.06. The van der Waals surface area contributed by atoms with Crippen molar-refractivity contribution in [1.29, 1.82) is 0 Å². The molecule has 2 aromatic rings. The number of benzene rings is 2. The van der Waals surface area contributed by atoms with Gasteiger partial charge in [0.1, 0.15) is 0 Å². The number of halogens is 2. The Morgan fingerprint density at radius 2 is 1.86 bits per heavy atom. The SMILES string of the molecule is Cc1cc(Br)c(NC(=O)/C=C/c2cccc(N)c2)c(Br)c1. The molecule has 5 heteroatoms. The van der Waals surface area contributed by atoms with Gasteiger partial charge in [0.2, 0.25) is 5.91 Å². The zero-order valence-corrected chi connectivity index (χ0v) is 14.5. The van der Waals surface area contributed by atoms with Gasteiger partial charge in [0, 0.05) is 20.7 Å². The molecule has 2 aromatic carbocycles. The van der Waals surface area contributed by atoms with Gasteiger partial charge in [-0.2, -0.15) is 0 Å². The average molecular weight is 410 g/mol.